The number of benzene rings is 1. The molecule has 1 aliphatic heterocycles. The molecule has 0 N–H and O–H groups in total. The zero-order valence-corrected chi connectivity index (χ0v) is 9.04. The maximum absolute atomic E-state index is 11.4. The third kappa shape index (κ3) is 2.15. The second-order valence-electron chi connectivity index (χ2n) is 2.92. The van der Waals surface area contributed by atoms with E-state index in [0.717, 1.165) is 10.6 Å². The molecule has 0 amide bonds. The molecule has 0 atom stereocenters. The van der Waals surface area contributed by atoms with Gasteiger partial charge in [0.15, 0.2) is 0 Å². The van der Waals surface area contributed by atoms with Gasteiger partial charge in [-0.25, -0.2) is 4.79 Å². The number of thioether (sulfide) groups is 1. The first-order chi connectivity index (χ1) is 7.31. The van der Waals surface area contributed by atoms with Crippen molar-refractivity contribution in [2.24, 2.45) is 0 Å². The van der Waals surface area contributed by atoms with Crippen LogP contribution in [0, 0.1) is 0 Å². The van der Waals surface area contributed by atoms with Gasteiger partial charge in [-0.2, -0.15) is 0 Å². The molecule has 0 saturated carbocycles. The van der Waals surface area contributed by atoms with E-state index >= 15 is 0 Å². The SMILES string of the molecule is COC(=O)C1=CCOc2ccccc2S1. The van der Waals surface area contributed by atoms with E-state index in [-0.39, 0.29) is 5.97 Å². The second-order valence-corrected chi connectivity index (χ2v) is 4.00. The number of ether oxygens (including phenoxy) is 2. The molecule has 0 aliphatic carbocycles. The number of hydrogen-bond acceptors (Lipinski definition) is 4. The van der Waals surface area contributed by atoms with Gasteiger partial charge in [0.25, 0.3) is 0 Å². The molecule has 1 heterocycles. The van der Waals surface area contributed by atoms with Crippen molar-refractivity contribution in [3.63, 3.8) is 0 Å². The van der Waals surface area contributed by atoms with E-state index in [0.29, 0.717) is 11.5 Å². The quantitative estimate of drug-likeness (QED) is 0.683. The molecule has 0 spiro atoms. The second kappa shape index (κ2) is 4.40. The molecular weight excluding hydrogens is 212 g/mol. The van der Waals surface area contributed by atoms with Crippen LogP contribution in [0.1, 0.15) is 0 Å². The molecule has 1 aromatic carbocycles. The highest BCUT2D eigenvalue weighted by Gasteiger charge is 2.16. The van der Waals surface area contributed by atoms with Crippen molar-refractivity contribution in [3.8, 4) is 5.75 Å². The number of para-hydroxylation sites is 1. The van der Waals surface area contributed by atoms with Gasteiger partial charge in [0.1, 0.15) is 12.4 Å². The van der Waals surface area contributed by atoms with Crippen LogP contribution in [-0.4, -0.2) is 19.7 Å². The van der Waals surface area contributed by atoms with Gasteiger partial charge in [-0.15, -0.1) is 0 Å². The van der Waals surface area contributed by atoms with E-state index in [1.807, 2.05) is 24.3 Å². The summed E-state index contributed by atoms with van der Waals surface area (Å²) in [6, 6.07) is 7.62. The van der Waals surface area contributed by atoms with Crippen LogP contribution in [0.2, 0.25) is 0 Å². The summed E-state index contributed by atoms with van der Waals surface area (Å²) in [7, 11) is 1.38. The van der Waals surface area contributed by atoms with E-state index in [1.54, 1.807) is 6.08 Å². The Morgan fingerprint density at radius 2 is 2.27 bits per heavy atom. The summed E-state index contributed by atoms with van der Waals surface area (Å²) in [4.78, 5) is 12.9. The summed E-state index contributed by atoms with van der Waals surface area (Å²) in [5.41, 5.74) is 0. The van der Waals surface area contributed by atoms with Crippen molar-refractivity contribution in [1.29, 1.82) is 0 Å². The molecule has 0 unspecified atom stereocenters. The average Bonchev–Trinajstić information content (AvgIpc) is 2.49. The molecule has 2 rings (SSSR count). The number of fused-ring (bicyclic) bond motifs is 1. The van der Waals surface area contributed by atoms with Gasteiger partial charge in [0.05, 0.1) is 16.9 Å². The van der Waals surface area contributed by atoms with Gasteiger partial charge in [-0.3, -0.25) is 0 Å². The Kier molecular flexibility index (Phi) is 2.97. The molecule has 0 saturated heterocycles. The van der Waals surface area contributed by atoms with Gasteiger partial charge in [0.2, 0.25) is 0 Å². The summed E-state index contributed by atoms with van der Waals surface area (Å²) in [5.74, 6) is 0.484. The Balaban J connectivity index is 2.28. The maximum Gasteiger partial charge on any atom is 0.344 e. The number of methoxy groups -OCH3 is 1. The molecule has 4 heteroatoms. The highest BCUT2D eigenvalue weighted by atomic mass is 32.2. The fraction of sp³-hybridized carbons (Fsp3) is 0.182. The molecule has 15 heavy (non-hydrogen) atoms. The molecule has 78 valence electrons. The normalized spacial score (nSPS) is 14.3. The summed E-state index contributed by atoms with van der Waals surface area (Å²) < 4.78 is 10.1. The van der Waals surface area contributed by atoms with Gasteiger partial charge >= 0.3 is 5.97 Å². The van der Waals surface area contributed by atoms with E-state index in [2.05, 4.69) is 4.74 Å². The first kappa shape index (κ1) is 10.1. The fourth-order valence-electron chi connectivity index (χ4n) is 1.25. The Morgan fingerprint density at radius 1 is 1.47 bits per heavy atom. The minimum absolute atomic E-state index is 0.319. The molecule has 0 fully saturated rings. The summed E-state index contributed by atoms with van der Waals surface area (Å²) in [6.45, 7) is 0.397. The molecule has 0 bridgehead atoms. The lowest BCUT2D eigenvalue weighted by molar-refractivity contribution is -0.135. The maximum atomic E-state index is 11.4. The number of carbonyl (C=O) groups is 1. The number of esters is 1. The summed E-state index contributed by atoms with van der Waals surface area (Å²) in [6.07, 6.45) is 1.73. The van der Waals surface area contributed by atoms with Crippen molar-refractivity contribution in [1.82, 2.24) is 0 Å². The van der Waals surface area contributed by atoms with Crippen molar-refractivity contribution in [2.45, 2.75) is 4.90 Å². The van der Waals surface area contributed by atoms with Crippen LogP contribution in [0.3, 0.4) is 0 Å². The van der Waals surface area contributed by atoms with Crippen LogP contribution in [0.25, 0.3) is 0 Å². The van der Waals surface area contributed by atoms with Crippen LogP contribution >= 0.6 is 11.8 Å². The predicted octanol–water partition coefficient (Wildman–Crippen LogP) is 2.23. The topological polar surface area (TPSA) is 35.5 Å². The van der Waals surface area contributed by atoms with Crippen molar-refractivity contribution < 1.29 is 14.3 Å². The largest absolute Gasteiger partial charge is 0.488 e. The Bertz CT molecular complexity index is 412. The van der Waals surface area contributed by atoms with Crippen molar-refractivity contribution >= 4 is 17.7 Å². The lowest BCUT2D eigenvalue weighted by atomic mass is 10.3. The van der Waals surface area contributed by atoms with Gasteiger partial charge in [-0.05, 0) is 18.2 Å². The third-order valence-corrected chi connectivity index (χ3v) is 3.07. The predicted molar refractivity (Wildman–Crippen MR) is 57.9 cm³/mol. The molecule has 3 nitrogen and oxygen atoms in total. The van der Waals surface area contributed by atoms with Gasteiger partial charge < -0.3 is 9.47 Å². The molecular formula is C11H10O3S. The lowest BCUT2D eigenvalue weighted by Gasteiger charge is -2.05. The molecule has 1 aromatic rings. The zero-order chi connectivity index (χ0) is 10.7. The van der Waals surface area contributed by atoms with E-state index in [4.69, 9.17) is 4.74 Å². The minimum Gasteiger partial charge on any atom is -0.488 e. The van der Waals surface area contributed by atoms with Gasteiger partial charge in [-0.1, -0.05) is 23.9 Å². The van der Waals surface area contributed by atoms with E-state index in [1.165, 1.54) is 18.9 Å². The standard InChI is InChI=1S/C11H10O3S/c1-13-11(12)10-6-7-14-8-4-2-3-5-9(8)15-10/h2-6H,7H2,1H3. The highest BCUT2D eigenvalue weighted by Crippen LogP contribution is 2.36. The minimum atomic E-state index is -0.319. The van der Waals surface area contributed by atoms with E-state index in [9.17, 15) is 4.79 Å². The zero-order valence-electron chi connectivity index (χ0n) is 8.23. The average molecular weight is 222 g/mol. The van der Waals surface area contributed by atoms with Crippen LogP contribution in [0.15, 0.2) is 40.1 Å². The van der Waals surface area contributed by atoms with Crippen LogP contribution in [0.4, 0.5) is 0 Å². The monoisotopic (exact) mass is 222 g/mol. The third-order valence-electron chi connectivity index (χ3n) is 1.96. The Labute approximate surface area is 92.1 Å². The lowest BCUT2D eigenvalue weighted by Crippen LogP contribution is -2.02. The summed E-state index contributed by atoms with van der Waals surface area (Å²) >= 11 is 1.37. The fourth-order valence-corrected chi connectivity index (χ4v) is 2.18. The van der Waals surface area contributed by atoms with Crippen LogP contribution in [-0.2, 0) is 9.53 Å². The summed E-state index contributed by atoms with van der Waals surface area (Å²) in [5, 5.41) is 0. The Hall–Kier alpha value is -1.42. The number of hydrogen-bond donors (Lipinski definition) is 0. The molecule has 0 aromatic heterocycles. The van der Waals surface area contributed by atoms with Crippen molar-refractivity contribution in [3.05, 3.63) is 35.2 Å². The number of carbonyl (C=O) groups excluding carboxylic acids is 1. The van der Waals surface area contributed by atoms with Gasteiger partial charge in [0, 0.05) is 0 Å². The highest BCUT2D eigenvalue weighted by molar-refractivity contribution is 8.04. The van der Waals surface area contributed by atoms with E-state index < -0.39 is 0 Å². The van der Waals surface area contributed by atoms with Crippen LogP contribution < -0.4 is 4.74 Å². The first-order valence-electron chi connectivity index (χ1n) is 4.49. The number of rotatable bonds is 1. The smallest absolute Gasteiger partial charge is 0.344 e. The van der Waals surface area contributed by atoms with Crippen LogP contribution in [0.5, 0.6) is 5.75 Å². The van der Waals surface area contributed by atoms with Crippen molar-refractivity contribution in [2.75, 3.05) is 13.7 Å². The first-order valence-corrected chi connectivity index (χ1v) is 5.31. The molecule has 1 aliphatic rings. The molecule has 0 radical (unpaired) electrons. The Morgan fingerprint density at radius 3 is 3.07 bits per heavy atom.